The van der Waals surface area contributed by atoms with Crippen molar-refractivity contribution in [1.82, 2.24) is 15.6 Å². The van der Waals surface area contributed by atoms with Crippen molar-refractivity contribution in [1.29, 1.82) is 0 Å². The maximum atomic E-state index is 13.1. The Kier molecular flexibility index (Phi) is 10.8. The van der Waals surface area contributed by atoms with Crippen LogP contribution in [0.25, 0.3) is 0 Å². The van der Waals surface area contributed by atoms with Crippen molar-refractivity contribution in [3.63, 3.8) is 0 Å². The van der Waals surface area contributed by atoms with Gasteiger partial charge in [-0.1, -0.05) is 12.1 Å². The summed E-state index contributed by atoms with van der Waals surface area (Å²) in [6.45, 7) is 3.20. The van der Waals surface area contributed by atoms with Crippen molar-refractivity contribution >= 4 is 41.3 Å². The largest absolute Gasteiger partial charge is 0.434 e. The number of hydrogen-bond acceptors (Lipinski definition) is 4. The van der Waals surface area contributed by atoms with Crippen molar-refractivity contribution < 1.29 is 22.3 Å². The fraction of sp³-hybridized carbons (Fsp3) is 0.444. The lowest BCUT2D eigenvalue weighted by Crippen LogP contribution is -2.38. The maximum absolute atomic E-state index is 13.1. The highest BCUT2D eigenvalue weighted by molar-refractivity contribution is 14.0. The number of thiazole rings is 1. The van der Waals surface area contributed by atoms with Crippen LogP contribution in [0.15, 0.2) is 34.6 Å². The number of alkyl halides is 3. The molecule has 0 aliphatic heterocycles. The molecule has 2 rings (SSSR count). The molecule has 1 unspecified atom stereocenters. The van der Waals surface area contributed by atoms with Gasteiger partial charge in [-0.3, -0.25) is 4.99 Å². The summed E-state index contributed by atoms with van der Waals surface area (Å²) in [7, 11) is 1.55. The van der Waals surface area contributed by atoms with E-state index in [1.807, 2.05) is 6.92 Å². The Labute approximate surface area is 188 Å². The Hall–Kier alpha value is -1.47. The van der Waals surface area contributed by atoms with E-state index >= 15 is 0 Å². The number of benzene rings is 1. The molecule has 0 spiro atoms. The van der Waals surface area contributed by atoms with E-state index in [0.717, 1.165) is 22.3 Å². The Morgan fingerprint density at radius 1 is 1.24 bits per heavy atom. The summed E-state index contributed by atoms with van der Waals surface area (Å²) in [6, 6.07) is 6.00. The fourth-order valence-electron chi connectivity index (χ4n) is 2.35. The van der Waals surface area contributed by atoms with Crippen molar-refractivity contribution in [3.05, 3.63) is 51.7 Å². The molecule has 2 N–H and O–H groups in total. The normalized spacial score (nSPS) is 13.0. The molecule has 0 saturated heterocycles. The molecule has 29 heavy (non-hydrogen) atoms. The molecular weight excluding hydrogens is 523 g/mol. The van der Waals surface area contributed by atoms with E-state index in [-0.39, 0.29) is 35.9 Å². The van der Waals surface area contributed by atoms with Gasteiger partial charge in [-0.25, -0.2) is 9.37 Å². The fourth-order valence-corrected chi connectivity index (χ4v) is 3.16. The number of halogens is 5. The van der Waals surface area contributed by atoms with Crippen LogP contribution in [0.5, 0.6) is 0 Å². The van der Waals surface area contributed by atoms with Gasteiger partial charge in [0.05, 0.1) is 11.6 Å². The molecule has 0 fully saturated rings. The number of aliphatic imine (C=N–C) groups is 1. The summed E-state index contributed by atoms with van der Waals surface area (Å²) in [5.74, 6) is 0.187. The van der Waals surface area contributed by atoms with Crippen LogP contribution in [-0.4, -0.2) is 37.7 Å². The van der Waals surface area contributed by atoms with Crippen LogP contribution >= 0.6 is 35.3 Å². The van der Waals surface area contributed by atoms with Crippen molar-refractivity contribution in [2.45, 2.75) is 25.6 Å². The van der Waals surface area contributed by atoms with Gasteiger partial charge in [0.1, 0.15) is 11.9 Å². The second-order valence-corrected chi connectivity index (χ2v) is 6.74. The van der Waals surface area contributed by atoms with Gasteiger partial charge in [-0.15, -0.1) is 35.3 Å². The smallest absolute Gasteiger partial charge is 0.375 e. The third kappa shape index (κ3) is 8.42. The maximum Gasteiger partial charge on any atom is 0.434 e. The molecule has 1 heterocycles. The van der Waals surface area contributed by atoms with Crippen LogP contribution < -0.4 is 10.6 Å². The number of nitrogens with one attached hydrogen (secondary N) is 2. The molecule has 0 aliphatic rings. The Balaban J connectivity index is 0.00000420. The predicted octanol–water partition coefficient (Wildman–Crippen LogP) is 4.40. The summed E-state index contributed by atoms with van der Waals surface area (Å²) < 4.78 is 56.2. The topological polar surface area (TPSA) is 58.5 Å². The lowest BCUT2D eigenvalue weighted by Gasteiger charge is -2.16. The van der Waals surface area contributed by atoms with Crippen LogP contribution in [-0.2, 0) is 17.3 Å². The highest BCUT2D eigenvalue weighted by Gasteiger charge is 2.33. The van der Waals surface area contributed by atoms with E-state index in [4.69, 9.17) is 4.74 Å². The first-order chi connectivity index (χ1) is 13.3. The van der Waals surface area contributed by atoms with Crippen molar-refractivity contribution in [2.24, 2.45) is 4.99 Å². The number of ether oxygens (including phenoxy) is 1. The van der Waals surface area contributed by atoms with Crippen LogP contribution in [0.2, 0.25) is 0 Å². The van der Waals surface area contributed by atoms with Crippen molar-refractivity contribution in [3.8, 4) is 0 Å². The molecule has 0 aliphatic carbocycles. The Morgan fingerprint density at radius 2 is 1.93 bits per heavy atom. The van der Waals surface area contributed by atoms with Gasteiger partial charge in [0.15, 0.2) is 11.7 Å². The molecule has 11 heteroatoms. The van der Waals surface area contributed by atoms with Gasteiger partial charge in [-0.05, 0) is 24.6 Å². The van der Waals surface area contributed by atoms with Gasteiger partial charge >= 0.3 is 6.18 Å². The molecule has 0 saturated carbocycles. The monoisotopic (exact) mass is 546 g/mol. The standard InChI is InChI=1S/C18H22F4N4OS.HI/c1-3-23-17(24-9-8-16-26-15(11-28-16)18(20,21)22)25-10-14(27-2)12-4-6-13(19)7-5-12;/h4-7,11,14H,3,8-10H2,1-2H3,(H2,23,24,25);1H. The van der Waals surface area contributed by atoms with E-state index in [1.54, 1.807) is 19.2 Å². The third-order valence-corrected chi connectivity index (χ3v) is 4.67. The van der Waals surface area contributed by atoms with E-state index in [1.165, 1.54) is 12.1 Å². The zero-order valence-corrected chi connectivity index (χ0v) is 19.1. The number of aromatic nitrogens is 1. The predicted molar refractivity (Wildman–Crippen MR) is 116 cm³/mol. The molecule has 162 valence electrons. The molecule has 2 aromatic rings. The van der Waals surface area contributed by atoms with Crippen LogP contribution in [0.4, 0.5) is 17.6 Å². The highest BCUT2D eigenvalue weighted by atomic mass is 127. The van der Waals surface area contributed by atoms with Crippen LogP contribution in [0.3, 0.4) is 0 Å². The third-order valence-electron chi connectivity index (χ3n) is 3.76. The average Bonchev–Trinajstić information content (AvgIpc) is 3.13. The Morgan fingerprint density at radius 3 is 2.48 bits per heavy atom. The summed E-state index contributed by atoms with van der Waals surface area (Å²) in [5.41, 5.74) is -0.0683. The highest BCUT2D eigenvalue weighted by Crippen LogP contribution is 2.30. The first-order valence-electron chi connectivity index (χ1n) is 8.65. The molecule has 1 aromatic carbocycles. The van der Waals surface area contributed by atoms with E-state index in [0.29, 0.717) is 37.0 Å². The van der Waals surface area contributed by atoms with Gasteiger partial charge in [0, 0.05) is 32.0 Å². The molecule has 5 nitrogen and oxygen atoms in total. The number of guanidine groups is 1. The van der Waals surface area contributed by atoms with Crippen LogP contribution in [0, 0.1) is 5.82 Å². The summed E-state index contributed by atoms with van der Waals surface area (Å²) in [6.07, 6.45) is -4.42. The second-order valence-electron chi connectivity index (χ2n) is 5.80. The minimum atomic E-state index is -4.42. The average molecular weight is 546 g/mol. The van der Waals surface area contributed by atoms with Crippen LogP contribution in [0.1, 0.15) is 29.3 Å². The molecular formula is C18H23F4IN4OS. The number of methoxy groups -OCH3 is 1. The molecule has 1 aromatic heterocycles. The minimum absolute atomic E-state index is 0. The van der Waals surface area contributed by atoms with E-state index < -0.39 is 11.9 Å². The number of hydrogen-bond donors (Lipinski definition) is 2. The van der Waals surface area contributed by atoms with Gasteiger partial charge in [0.2, 0.25) is 0 Å². The zero-order chi connectivity index (χ0) is 20.6. The molecule has 0 bridgehead atoms. The first kappa shape index (κ1) is 25.6. The molecule has 1 atom stereocenters. The van der Waals surface area contributed by atoms with E-state index in [2.05, 4.69) is 20.6 Å². The van der Waals surface area contributed by atoms with Gasteiger partial charge in [0.25, 0.3) is 0 Å². The minimum Gasteiger partial charge on any atom is -0.375 e. The van der Waals surface area contributed by atoms with Gasteiger partial charge < -0.3 is 15.4 Å². The SMILES string of the molecule is CCNC(=NCC(OC)c1ccc(F)cc1)NCCc1nc(C(F)(F)F)cs1.I. The number of nitrogens with zero attached hydrogens (tertiary/aromatic N) is 2. The quantitative estimate of drug-likeness (QED) is 0.223. The lowest BCUT2D eigenvalue weighted by atomic mass is 10.1. The van der Waals surface area contributed by atoms with Crippen molar-refractivity contribution in [2.75, 3.05) is 26.7 Å². The summed E-state index contributed by atoms with van der Waals surface area (Å²) >= 11 is 0.980. The first-order valence-corrected chi connectivity index (χ1v) is 9.53. The lowest BCUT2D eigenvalue weighted by molar-refractivity contribution is -0.140. The number of rotatable bonds is 8. The molecule has 0 radical (unpaired) electrons. The molecule has 0 amide bonds. The Bertz CT molecular complexity index is 768. The summed E-state index contributed by atoms with van der Waals surface area (Å²) in [4.78, 5) is 8.04. The summed E-state index contributed by atoms with van der Waals surface area (Å²) in [5, 5.41) is 7.54. The van der Waals surface area contributed by atoms with E-state index in [9.17, 15) is 17.6 Å². The zero-order valence-electron chi connectivity index (χ0n) is 15.9. The van der Waals surface area contributed by atoms with Gasteiger partial charge in [-0.2, -0.15) is 13.2 Å². The second kappa shape index (κ2) is 12.3.